The van der Waals surface area contributed by atoms with E-state index in [1.165, 1.54) is 5.56 Å². The molecule has 0 spiro atoms. The van der Waals surface area contributed by atoms with Gasteiger partial charge in [-0.05, 0) is 68.6 Å². The Morgan fingerprint density at radius 3 is 2.55 bits per heavy atom. The number of pyridine rings is 1. The Balaban J connectivity index is 1.56. The summed E-state index contributed by atoms with van der Waals surface area (Å²) in [6.45, 7) is 1.86. The number of ketones is 1. The van der Waals surface area contributed by atoms with Crippen LogP contribution in [0.15, 0.2) is 42.5 Å². The molecule has 0 bridgehead atoms. The summed E-state index contributed by atoms with van der Waals surface area (Å²) in [5, 5.41) is 2.93. The molecule has 1 aromatic carbocycles. The predicted octanol–water partition coefficient (Wildman–Crippen LogP) is 2.88. The first-order valence-corrected chi connectivity index (χ1v) is 11.7. The molecule has 7 heteroatoms. The lowest BCUT2D eigenvalue weighted by molar-refractivity contribution is -0.130. The number of nitrogen functional groups attached to an aromatic ring is 1. The predicted molar refractivity (Wildman–Crippen MR) is 128 cm³/mol. The Hall–Kier alpha value is -3.22. The summed E-state index contributed by atoms with van der Waals surface area (Å²) in [6.07, 6.45) is 4.62. The van der Waals surface area contributed by atoms with Crippen LogP contribution in [0.5, 0.6) is 0 Å². The number of Topliss-reactive ketones (excluding diaryl/α,β-unsaturated/α-hetero) is 1. The van der Waals surface area contributed by atoms with Crippen molar-refractivity contribution in [3.8, 4) is 0 Å². The highest BCUT2D eigenvalue weighted by Gasteiger charge is 2.32. The lowest BCUT2D eigenvalue weighted by Crippen LogP contribution is -2.44. The van der Waals surface area contributed by atoms with Crippen LogP contribution in [0.25, 0.3) is 0 Å². The number of nitrogens with zero attached hydrogens (tertiary/aromatic N) is 1. The molecule has 1 saturated carbocycles. The summed E-state index contributed by atoms with van der Waals surface area (Å²) in [4.78, 5) is 41.5. The van der Waals surface area contributed by atoms with Gasteiger partial charge in [0.15, 0.2) is 5.78 Å². The van der Waals surface area contributed by atoms with E-state index in [2.05, 4.69) is 22.4 Å². The van der Waals surface area contributed by atoms with E-state index < -0.39 is 11.9 Å². The third-order valence-electron chi connectivity index (χ3n) is 6.52. The van der Waals surface area contributed by atoms with Crippen LogP contribution in [0.4, 0.5) is 5.82 Å². The molecule has 5 N–H and O–H groups in total. The van der Waals surface area contributed by atoms with E-state index >= 15 is 0 Å². The van der Waals surface area contributed by atoms with Crippen LogP contribution in [0.3, 0.4) is 0 Å². The van der Waals surface area contributed by atoms with Crippen molar-refractivity contribution in [2.45, 2.75) is 64.3 Å². The van der Waals surface area contributed by atoms with E-state index in [9.17, 15) is 14.4 Å². The largest absolute Gasteiger partial charge is 0.384 e. The van der Waals surface area contributed by atoms with Crippen LogP contribution >= 0.6 is 0 Å². The van der Waals surface area contributed by atoms with E-state index in [-0.39, 0.29) is 36.9 Å². The number of amides is 2. The summed E-state index contributed by atoms with van der Waals surface area (Å²) in [5.41, 5.74) is 14.0. The number of primary amides is 1. The molecule has 1 aliphatic rings. The topological polar surface area (TPSA) is 128 Å². The van der Waals surface area contributed by atoms with Crippen molar-refractivity contribution in [1.82, 2.24) is 10.3 Å². The van der Waals surface area contributed by atoms with E-state index in [1.54, 1.807) is 6.07 Å². The lowest BCUT2D eigenvalue weighted by atomic mass is 9.95. The molecule has 0 aliphatic heterocycles. The maximum Gasteiger partial charge on any atom is 0.223 e. The minimum absolute atomic E-state index is 0.0560. The molecule has 0 saturated heterocycles. The molecular formula is C26H34N4O3. The van der Waals surface area contributed by atoms with Gasteiger partial charge in [-0.1, -0.05) is 36.4 Å². The molecule has 176 valence electrons. The van der Waals surface area contributed by atoms with Gasteiger partial charge in [0.2, 0.25) is 11.8 Å². The Morgan fingerprint density at radius 1 is 1.09 bits per heavy atom. The fourth-order valence-electron chi connectivity index (χ4n) is 4.64. The number of anilines is 1. The van der Waals surface area contributed by atoms with Gasteiger partial charge in [0.25, 0.3) is 0 Å². The maximum atomic E-state index is 13.0. The Bertz CT molecular complexity index is 977. The number of nitrogens with one attached hydrogen (secondary N) is 1. The summed E-state index contributed by atoms with van der Waals surface area (Å²) in [6, 6.07) is 13.2. The molecule has 2 amide bonds. The molecule has 1 aliphatic carbocycles. The normalized spacial score (nSPS) is 18.6. The number of nitrogens with two attached hydrogens (primary N) is 2. The highest BCUT2D eigenvalue weighted by Crippen LogP contribution is 2.33. The number of rotatable bonds is 11. The Kier molecular flexibility index (Phi) is 8.58. The number of benzene rings is 1. The molecule has 3 rings (SSSR count). The second kappa shape index (κ2) is 11.6. The van der Waals surface area contributed by atoms with Gasteiger partial charge in [0.1, 0.15) is 5.82 Å². The second-order valence-electron chi connectivity index (χ2n) is 9.08. The van der Waals surface area contributed by atoms with Gasteiger partial charge in [-0.25, -0.2) is 4.98 Å². The van der Waals surface area contributed by atoms with Gasteiger partial charge in [0, 0.05) is 24.5 Å². The lowest BCUT2D eigenvalue weighted by Gasteiger charge is -2.20. The summed E-state index contributed by atoms with van der Waals surface area (Å²) in [5.74, 6) is 0.120. The molecular weight excluding hydrogens is 416 g/mol. The van der Waals surface area contributed by atoms with E-state index in [0.717, 1.165) is 36.9 Å². The second-order valence-corrected chi connectivity index (χ2v) is 9.08. The van der Waals surface area contributed by atoms with Crippen molar-refractivity contribution in [2.24, 2.45) is 17.6 Å². The smallest absolute Gasteiger partial charge is 0.223 e. The van der Waals surface area contributed by atoms with Gasteiger partial charge in [-0.3, -0.25) is 14.4 Å². The zero-order chi connectivity index (χ0) is 23.8. The zero-order valence-corrected chi connectivity index (χ0v) is 19.3. The van der Waals surface area contributed by atoms with Crippen LogP contribution in [0.1, 0.15) is 55.3 Å². The molecule has 3 atom stereocenters. The molecule has 1 heterocycles. The SMILES string of the molecule is Cc1nc(N)ccc1CCC(=O)[C@H](CCC(N)=O)NC(=O)[C@@H]1CC[C@@H](Cc2ccccc2)C1. The first-order chi connectivity index (χ1) is 15.8. The molecule has 0 unspecified atom stereocenters. The number of aromatic nitrogens is 1. The van der Waals surface area contributed by atoms with E-state index in [1.807, 2.05) is 31.2 Å². The quantitative estimate of drug-likeness (QED) is 0.485. The van der Waals surface area contributed by atoms with Gasteiger partial charge in [-0.2, -0.15) is 0 Å². The van der Waals surface area contributed by atoms with Crippen LogP contribution in [-0.2, 0) is 27.2 Å². The third kappa shape index (κ3) is 7.41. The standard InChI is InChI=1S/C26H34N4O3/c1-17-20(10-13-24(27)29-17)9-12-23(31)22(11-14-25(28)32)30-26(33)21-8-7-19(16-21)15-18-5-3-2-4-6-18/h2-6,10,13,19,21-22H,7-9,11-12,14-16H2,1H3,(H2,27,29)(H2,28,32)(H,30,33)/t19-,21+,22-/m0/s1. The third-order valence-corrected chi connectivity index (χ3v) is 6.52. The van der Waals surface area contributed by atoms with Gasteiger partial charge in [0.05, 0.1) is 6.04 Å². The number of hydrogen-bond donors (Lipinski definition) is 3. The highest BCUT2D eigenvalue weighted by atomic mass is 16.2. The molecule has 0 radical (unpaired) electrons. The van der Waals surface area contributed by atoms with Crippen LogP contribution in [0, 0.1) is 18.8 Å². The average molecular weight is 451 g/mol. The average Bonchev–Trinajstić information content (AvgIpc) is 3.25. The number of hydrogen-bond acceptors (Lipinski definition) is 5. The minimum Gasteiger partial charge on any atom is -0.384 e. The van der Waals surface area contributed by atoms with Crippen LogP contribution in [-0.4, -0.2) is 28.6 Å². The summed E-state index contributed by atoms with van der Waals surface area (Å²) < 4.78 is 0. The van der Waals surface area contributed by atoms with Crippen molar-refractivity contribution < 1.29 is 14.4 Å². The monoisotopic (exact) mass is 450 g/mol. The molecule has 1 aromatic heterocycles. The van der Waals surface area contributed by atoms with Crippen molar-refractivity contribution in [1.29, 1.82) is 0 Å². The fraction of sp³-hybridized carbons (Fsp3) is 0.462. The maximum absolute atomic E-state index is 13.0. The zero-order valence-electron chi connectivity index (χ0n) is 19.3. The first kappa shape index (κ1) is 24.4. The summed E-state index contributed by atoms with van der Waals surface area (Å²) >= 11 is 0. The molecule has 2 aromatic rings. The minimum atomic E-state index is -0.708. The van der Waals surface area contributed by atoms with E-state index in [4.69, 9.17) is 11.5 Å². The van der Waals surface area contributed by atoms with Crippen LogP contribution < -0.4 is 16.8 Å². The van der Waals surface area contributed by atoms with Crippen molar-refractivity contribution in [3.63, 3.8) is 0 Å². The van der Waals surface area contributed by atoms with Gasteiger partial charge >= 0.3 is 0 Å². The van der Waals surface area contributed by atoms with Gasteiger partial charge < -0.3 is 16.8 Å². The van der Waals surface area contributed by atoms with Crippen molar-refractivity contribution in [3.05, 3.63) is 59.3 Å². The molecule has 7 nitrogen and oxygen atoms in total. The van der Waals surface area contributed by atoms with Crippen LogP contribution in [0.2, 0.25) is 0 Å². The number of aryl methyl sites for hydroxylation is 2. The highest BCUT2D eigenvalue weighted by molar-refractivity contribution is 5.90. The van der Waals surface area contributed by atoms with Crippen molar-refractivity contribution in [2.75, 3.05) is 5.73 Å². The fourth-order valence-corrected chi connectivity index (χ4v) is 4.64. The molecule has 33 heavy (non-hydrogen) atoms. The molecule has 1 fully saturated rings. The Labute approximate surface area is 195 Å². The Morgan fingerprint density at radius 2 is 1.85 bits per heavy atom. The van der Waals surface area contributed by atoms with Crippen molar-refractivity contribution >= 4 is 23.4 Å². The van der Waals surface area contributed by atoms with Gasteiger partial charge in [-0.15, -0.1) is 0 Å². The number of carbonyl (C=O) groups excluding carboxylic acids is 3. The van der Waals surface area contributed by atoms with E-state index in [0.29, 0.717) is 18.2 Å². The summed E-state index contributed by atoms with van der Waals surface area (Å²) in [7, 11) is 0. The first-order valence-electron chi connectivity index (χ1n) is 11.7. The number of carbonyl (C=O) groups is 3.